The fourth-order valence-corrected chi connectivity index (χ4v) is 5.33. The van der Waals surface area contributed by atoms with Gasteiger partial charge in [-0.2, -0.15) is 0 Å². The third-order valence-corrected chi connectivity index (χ3v) is 8.69. The zero-order valence-electron chi connectivity index (χ0n) is 36.0. The third kappa shape index (κ3) is 39.0. The van der Waals surface area contributed by atoms with E-state index in [0.717, 1.165) is 70.6 Å². The average Bonchev–Trinajstić information content (AvgIpc) is 3.15. The van der Waals surface area contributed by atoms with Crippen molar-refractivity contribution in [3.8, 4) is 0 Å². The van der Waals surface area contributed by atoms with Gasteiger partial charge in [0.15, 0.2) is 12.4 Å². The number of carboxylic acid groups (broad SMARTS) is 1. The first-order valence-electron chi connectivity index (χ1n) is 21.6. The van der Waals surface area contributed by atoms with Gasteiger partial charge >= 0.3 is 11.9 Å². The summed E-state index contributed by atoms with van der Waals surface area (Å²) in [6.07, 6.45) is 43.7. The Balaban J connectivity index is 4.60. The lowest BCUT2D eigenvalue weighted by Crippen LogP contribution is -2.44. The Kier molecular flexibility index (Phi) is 36.3. The first-order valence-corrected chi connectivity index (χ1v) is 21.6. The molecule has 0 heterocycles. The molecule has 0 aromatic carbocycles. The van der Waals surface area contributed by atoms with Crippen LogP contribution in [0, 0.1) is 0 Å². The summed E-state index contributed by atoms with van der Waals surface area (Å²) >= 11 is 0. The number of quaternary nitrogens is 1. The van der Waals surface area contributed by atoms with Gasteiger partial charge in [-0.25, -0.2) is 0 Å². The molecule has 0 saturated carbocycles. The molecule has 0 radical (unpaired) electrons. The lowest BCUT2D eigenvalue weighted by atomic mass is 10.1. The molecule has 0 aliphatic heterocycles. The number of carboxylic acids is 1. The molecule has 9 heteroatoms. The molecule has 9 nitrogen and oxygen atoms in total. The Bertz CT molecular complexity index is 1150. The molecule has 0 amide bonds. The van der Waals surface area contributed by atoms with Gasteiger partial charge in [0.1, 0.15) is 13.2 Å². The molecule has 0 fully saturated rings. The van der Waals surface area contributed by atoms with E-state index in [1.165, 1.54) is 38.5 Å². The van der Waals surface area contributed by atoms with Gasteiger partial charge in [0.05, 0.1) is 40.3 Å². The van der Waals surface area contributed by atoms with Crippen molar-refractivity contribution in [1.82, 2.24) is 0 Å². The Morgan fingerprint density at radius 1 is 0.554 bits per heavy atom. The van der Waals surface area contributed by atoms with Crippen LogP contribution in [0.2, 0.25) is 0 Å². The standard InChI is InChI=1S/C47H79NO8/c1-6-8-10-12-14-16-18-20-22-23-24-26-28-30-32-34-36-38-45(50)56-43(42-55-47(46(51)52)53-40-39-48(3,4)5)41-54-44(49)37-35-33-31-29-27-25-21-19-17-15-13-11-9-7-2/h8,10,14,16,19-22,24,26,30,32,43,47H,6-7,9,11-13,15,17-18,23,25,27-29,31,33-42H2,1-5H3/b10-8-,16-14-,21-19-,22-20-,26-24-,32-30-. The van der Waals surface area contributed by atoms with Gasteiger partial charge in [-0.05, 0) is 77.0 Å². The maximum absolute atomic E-state index is 12.7. The van der Waals surface area contributed by atoms with E-state index in [2.05, 4.69) is 80.7 Å². The number of unbranched alkanes of at least 4 members (excludes halogenated alkanes) is 11. The van der Waals surface area contributed by atoms with E-state index < -0.39 is 24.3 Å². The molecule has 0 spiro atoms. The summed E-state index contributed by atoms with van der Waals surface area (Å²) in [7, 11) is 5.87. The number of allylic oxidation sites excluding steroid dienone is 12. The van der Waals surface area contributed by atoms with Crippen molar-refractivity contribution >= 4 is 17.9 Å². The van der Waals surface area contributed by atoms with E-state index in [1.807, 2.05) is 27.2 Å². The van der Waals surface area contributed by atoms with E-state index in [4.69, 9.17) is 18.9 Å². The smallest absolute Gasteiger partial charge is 0.306 e. The van der Waals surface area contributed by atoms with Gasteiger partial charge in [-0.15, -0.1) is 0 Å². The molecule has 0 rings (SSSR count). The van der Waals surface area contributed by atoms with Crippen LogP contribution in [-0.2, 0) is 33.3 Å². The lowest BCUT2D eigenvalue weighted by Gasteiger charge is -2.26. The van der Waals surface area contributed by atoms with Crippen LogP contribution in [0.3, 0.4) is 0 Å². The maximum Gasteiger partial charge on any atom is 0.306 e. The van der Waals surface area contributed by atoms with Crippen LogP contribution < -0.4 is 5.11 Å². The quantitative estimate of drug-likeness (QED) is 0.0200. The largest absolute Gasteiger partial charge is 0.545 e. The fourth-order valence-electron chi connectivity index (χ4n) is 5.33. The zero-order valence-corrected chi connectivity index (χ0v) is 36.0. The number of likely N-dealkylation sites (N-methyl/N-ethyl adjacent to an activating group) is 1. The van der Waals surface area contributed by atoms with Crippen LogP contribution in [-0.4, -0.2) is 82.3 Å². The second kappa shape index (κ2) is 38.6. The number of carbonyl (C=O) groups excluding carboxylic acids is 3. The second-order valence-corrected chi connectivity index (χ2v) is 15.2. The average molecular weight is 786 g/mol. The van der Waals surface area contributed by atoms with E-state index in [9.17, 15) is 19.5 Å². The van der Waals surface area contributed by atoms with Crippen molar-refractivity contribution in [3.63, 3.8) is 0 Å². The van der Waals surface area contributed by atoms with Gasteiger partial charge in [0.2, 0.25) is 0 Å². The fraction of sp³-hybridized carbons (Fsp3) is 0.681. The number of aliphatic carboxylic acids is 1. The third-order valence-electron chi connectivity index (χ3n) is 8.69. The minimum atomic E-state index is -1.64. The minimum absolute atomic E-state index is 0.132. The zero-order chi connectivity index (χ0) is 41.4. The molecule has 56 heavy (non-hydrogen) atoms. The number of hydrogen-bond donors (Lipinski definition) is 0. The predicted octanol–water partition coefficient (Wildman–Crippen LogP) is 9.83. The lowest BCUT2D eigenvalue weighted by molar-refractivity contribution is -0.870. The highest BCUT2D eigenvalue weighted by atomic mass is 16.7. The molecule has 2 unspecified atom stereocenters. The number of hydrogen-bond acceptors (Lipinski definition) is 8. The van der Waals surface area contributed by atoms with Crippen molar-refractivity contribution in [1.29, 1.82) is 0 Å². The molecule has 0 aliphatic carbocycles. The van der Waals surface area contributed by atoms with Gasteiger partial charge in [-0.3, -0.25) is 9.59 Å². The first-order chi connectivity index (χ1) is 27.1. The summed E-state index contributed by atoms with van der Waals surface area (Å²) in [5, 5.41) is 11.7. The second-order valence-electron chi connectivity index (χ2n) is 15.2. The van der Waals surface area contributed by atoms with Crippen LogP contribution in [0.1, 0.15) is 149 Å². The highest BCUT2D eigenvalue weighted by Crippen LogP contribution is 2.11. The summed E-state index contributed by atoms with van der Waals surface area (Å²) in [6, 6.07) is 0. The molecule has 0 aliphatic rings. The summed E-state index contributed by atoms with van der Waals surface area (Å²) < 4.78 is 22.4. The van der Waals surface area contributed by atoms with Gasteiger partial charge in [-0.1, -0.05) is 132 Å². The molecule has 0 bridgehead atoms. The summed E-state index contributed by atoms with van der Waals surface area (Å²) in [5.74, 6) is -2.39. The predicted molar refractivity (Wildman–Crippen MR) is 228 cm³/mol. The van der Waals surface area contributed by atoms with E-state index in [1.54, 1.807) is 0 Å². The van der Waals surface area contributed by atoms with E-state index >= 15 is 0 Å². The molecule has 0 saturated heterocycles. The number of nitrogens with zero attached hydrogens (tertiary/aromatic N) is 1. The van der Waals surface area contributed by atoms with Crippen LogP contribution >= 0.6 is 0 Å². The summed E-state index contributed by atoms with van der Waals surface area (Å²) in [6.45, 7) is 4.51. The van der Waals surface area contributed by atoms with Crippen LogP contribution in [0.4, 0.5) is 0 Å². The Morgan fingerprint density at radius 3 is 1.59 bits per heavy atom. The van der Waals surface area contributed by atoms with E-state index in [-0.39, 0.29) is 38.6 Å². The molecule has 2 atom stereocenters. The molecule has 0 N–H and O–H groups in total. The Morgan fingerprint density at radius 2 is 1.04 bits per heavy atom. The van der Waals surface area contributed by atoms with Crippen LogP contribution in [0.25, 0.3) is 0 Å². The molecular weight excluding hydrogens is 707 g/mol. The summed E-state index contributed by atoms with van der Waals surface area (Å²) in [5.41, 5.74) is 0. The molecule has 0 aromatic rings. The number of ether oxygens (including phenoxy) is 4. The number of rotatable bonds is 38. The number of carbonyl (C=O) groups is 3. The van der Waals surface area contributed by atoms with E-state index in [0.29, 0.717) is 23.9 Å². The maximum atomic E-state index is 12.7. The van der Waals surface area contributed by atoms with Gasteiger partial charge < -0.3 is 33.3 Å². The first kappa shape index (κ1) is 52.7. The van der Waals surface area contributed by atoms with Crippen molar-refractivity contribution in [2.24, 2.45) is 0 Å². The Hall–Kier alpha value is -3.27. The molecule has 0 aromatic heterocycles. The highest BCUT2D eigenvalue weighted by Gasteiger charge is 2.21. The van der Waals surface area contributed by atoms with Gasteiger partial charge in [0.25, 0.3) is 0 Å². The topological polar surface area (TPSA) is 111 Å². The van der Waals surface area contributed by atoms with Crippen LogP contribution in [0.15, 0.2) is 72.9 Å². The monoisotopic (exact) mass is 786 g/mol. The van der Waals surface area contributed by atoms with Crippen molar-refractivity contribution < 1.29 is 42.9 Å². The molecular formula is C47H79NO8. The van der Waals surface area contributed by atoms with Gasteiger partial charge in [0, 0.05) is 12.8 Å². The van der Waals surface area contributed by atoms with Crippen molar-refractivity contribution in [3.05, 3.63) is 72.9 Å². The number of esters is 2. The summed E-state index contributed by atoms with van der Waals surface area (Å²) in [4.78, 5) is 36.9. The van der Waals surface area contributed by atoms with Crippen LogP contribution in [0.5, 0.6) is 0 Å². The molecule has 320 valence electrons. The highest BCUT2D eigenvalue weighted by molar-refractivity contribution is 5.70. The SMILES string of the molecule is CC/C=C\C/C=C\C/C=C\C/C=C\C/C=C\CCCC(=O)OC(COC(=O)CCCCCCC/C=C\CCCCCCC)COC(OCC[N+](C)(C)C)C(=O)[O-]. The Labute approximate surface area is 341 Å². The normalized spacial score (nSPS) is 13.7. The van der Waals surface area contributed by atoms with Crippen molar-refractivity contribution in [2.45, 2.75) is 161 Å². The minimum Gasteiger partial charge on any atom is -0.545 e. The van der Waals surface area contributed by atoms with Crippen molar-refractivity contribution in [2.75, 3.05) is 47.5 Å².